The number of carbonyl (C=O) groups excluding carboxylic acids is 1. The van der Waals surface area contributed by atoms with Gasteiger partial charge in [-0.3, -0.25) is 6.29 Å². The summed E-state index contributed by atoms with van der Waals surface area (Å²) in [6.07, 6.45) is 14.9. The van der Waals surface area contributed by atoms with E-state index in [0.29, 0.717) is 0 Å². The monoisotopic (exact) mass is 234 g/mol. The molecule has 0 aliphatic rings. The molecular weight excluding hydrogens is 207 g/mol. The van der Waals surface area contributed by atoms with Crippen LogP contribution in [0.2, 0.25) is 0 Å². The Hall–Kier alpha value is 0.670. The molecule has 0 rings (SSSR count). The van der Waals surface area contributed by atoms with Crippen molar-refractivity contribution in [2.75, 3.05) is 0 Å². The molecule has 90 valence electrons. The molecule has 0 bridgehead atoms. The molecule has 0 radical (unpaired) electrons. The molecular formula is C14H27NaO. The van der Waals surface area contributed by atoms with Crippen LogP contribution in [0.15, 0.2) is 0 Å². The summed E-state index contributed by atoms with van der Waals surface area (Å²) in [7, 11) is 0. The number of hydrogen-bond acceptors (Lipinski definition) is 1. The molecule has 0 N–H and O–H groups in total. The molecule has 0 aromatic heterocycles. The van der Waals surface area contributed by atoms with E-state index in [-0.39, 0.29) is 35.5 Å². The van der Waals surface area contributed by atoms with Crippen LogP contribution in [0.4, 0.5) is 0 Å². The third kappa shape index (κ3) is 12.7. The van der Waals surface area contributed by atoms with Crippen molar-refractivity contribution in [1.82, 2.24) is 0 Å². The maximum atomic E-state index is 10.4. The van der Waals surface area contributed by atoms with Gasteiger partial charge in [-0.2, -0.15) is 0 Å². The first-order valence-corrected chi connectivity index (χ1v) is 6.72. The summed E-state index contributed by atoms with van der Waals surface area (Å²) in [5, 5.41) is 0. The smallest absolute Gasteiger partial charge is 0.542 e. The van der Waals surface area contributed by atoms with Crippen molar-refractivity contribution in [2.45, 2.75) is 78.1 Å². The molecule has 1 nitrogen and oxygen atoms in total. The predicted molar refractivity (Wildman–Crippen MR) is 66.7 cm³/mol. The van der Waals surface area contributed by atoms with Gasteiger partial charge in [-0.15, -0.1) is 5.92 Å². The Balaban J connectivity index is 0. The Labute approximate surface area is 124 Å². The maximum absolute atomic E-state index is 10.4. The average Bonchev–Trinajstić information content (AvgIpc) is 2.27. The van der Waals surface area contributed by atoms with Gasteiger partial charge in [0.1, 0.15) is 0 Å². The number of unbranched alkanes of at least 4 members (excludes halogenated alkanes) is 7. The molecule has 16 heavy (non-hydrogen) atoms. The molecule has 0 aromatic rings. The second-order valence-electron chi connectivity index (χ2n) is 4.49. The summed E-state index contributed by atoms with van der Waals surface area (Å²) >= 11 is 0. The van der Waals surface area contributed by atoms with Crippen LogP contribution in [0, 0.1) is 5.92 Å². The first-order chi connectivity index (χ1) is 7.35. The molecule has 0 aromatic carbocycles. The van der Waals surface area contributed by atoms with Crippen LogP contribution >= 0.6 is 0 Å². The largest absolute Gasteiger partial charge is 1.00 e. The Morgan fingerprint density at radius 1 is 0.875 bits per heavy atom. The summed E-state index contributed by atoms with van der Waals surface area (Å²) < 4.78 is 0. The molecule has 0 aliphatic heterocycles. The van der Waals surface area contributed by atoms with Gasteiger partial charge in [-0.1, -0.05) is 78.1 Å². The van der Waals surface area contributed by atoms with Gasteiger partial charge in [0.2, 0.25) is 0 Å². The second kappa shape index (κ2) is 15.7. The van der Waals surface area contributed by atoms with Gasteiger partial charge in [-0.05, 0) is 0 Å². The third-order valence-corrected chi connectivity index (χ3v) is 3.07. The Kier molecular flexibility index (Phi) is 18.6. The fraction of sp³-hybridized carbons (Fsp3) is 0.929. The molecule has 0 aliphatic carbocycles. The zero-order chi connectivity index (χ0) is 11.4. The van der Waals surface area contributed by atoms with Gasteiger partial charge in [-0.25, -0.2) is 0 Å². The van der Waals surface area contributed by atoms with Crippen LogP contribution in [-0.2, 0) is 4.79 Å². The molecule has 1 atom stereocenters. The topological polar surface area (TPSA) is 17.1 Å². The van der Waals surface area contributed by atoms with E-state index < -0.39 is 0 Å². The Morgan fingerprint density at radius 3 is 1.81 bits per heavy atom. The Bertz CT molecular complexity index is 137. The van der Waals surface area contributed by atoms with E-state index >= 15 is 0 Å². The molecule has 0 amide bonds. The van der Waals surface area contributed by atoms with Crippen molar-refractivity contribution in [3.63, 3.8) is 0 Å². The van der Waals surface area contributed by atoms with Gasteiger partial charge >= 0.3 is 29.6 Å². The van der Waals surface area contributed by atoms with Gasteiger partial charge in [0.05, 0.1) is 0 Å². The second-order valence-corrected chi connectivity index (χ2v) is 4.49. The van der Waals surface area contributed by atoms with Gasteiger partial charge in [0.25, 0.3) is 0 Å². The zero-order valence-electron chi connectivity index (χ0n) is 11.6. The molecule has 1 unspecified atom stereocenters. The predicted octanol–water partition coefficient (Wildman–Crippen LogP) is 1.66. The van der Waals surface area contributed by atoms with Crippen molar-refractivity contribution >= 4 is 6.29 Å². The molecule has 2 heteroatoms. The van der Waals surface area contributed by atoms with E-state index in [1.807, 2.05) is 0 Å². The summed E-state index contributed by atoms with van der Waals surface area (Å²) in [6.45, 7) is 4.32. The van der Waals surface area contributed by atoms with Crippen molar-refractivity contribution in [1.29, 1.82) is 0 Å². The maximum Gasteiger partial charge on any atom is 1.00 e. The van der Waals surface area contributed by atoms with Crippen molar-refractivity contribution in [2.24, 2.45) is 5.92 Å². The van der Waals surface area contributed by atoms with Crippen molar-refractivity contribution < 1.29 is 34.4 Å². The minimum Gasteiger partial charge on any atom is -0.542 e. The fourth-order valence-corrected chi connectivity index (χ4v) is 1.87. The van der Waals surface area contributed by atoms with Crippen LogP contribution in [0.1, 0.15) is 78.1 Å². The van der Waals surface area contributed by atoms with Gasteiger partial charge in [0.15, 0.2) is 0 Å². The summed E-state index contributed by atoms with van der Waals surface area (Å²) in [5.74, 6) is 0.199. The number of rotatable bonds is 11. The molecule has 0 heterocycles. The van der Waals surface area contributed by atoms with Crippen molar-refractivity contribution in [3.8, 4) is 0 Å². The van der Waals surface area contributed by atoms with Crippen LogP contribution in [0.3, 0.4) is 0 Å². The minimum absolute atomic E-state index is 0. The molecule has 0 saturated heterocycles. The summed E-state index contributed by atoms with van der Waals surface area (Å²) in [5.41, 5.74) is 0. The van der Waals surface area contributed by atoms with Crippen molar-refractivity contribution in [3.05, 3.63) is 0 Å². The normalized spacial score (nSPS) is 11.9. The van der Waals surface area contributed by atoms with E-state index in [0.717, 1.165) is 12.8 Å². The molecule has 0 fully saturated rings. The quantitative estimate of drug-likeness (QED) is 0.302. The van der Waals surface area contributed by atoms with Crippen LogP contribution in [0.5, 0.6) is 0 Å². The zero-order valence-corrected chi connectivity index (χ0v) is 13.6. The molecule has 0 saturated carbocycles. The van der Waals surface area contributed by atoms with Gasteiger partial charge in [0, 0.05) is 0 Å². The summed E-state index contributed by atoms with van der Waals surface area (Å²) in [4.78, 5) is 10.4. The van der Waals surface area contributed by atoms with E-state index in [2.05, 4.69) is 20.1 Å². The van der Waals surface area contributed by atoms with E-state index in [4.69, 9.17) is 0 Å². The first kappa shape index (κ1) is 19.0. The average molecular weight is 234 g/mol. The van der Waals surface area contributed by atoms with Gasteiger partial charge < -0.3 is 4.79 Å². The minimum atomic E-state index is 0. The third-order valence-electron chi connectivity index (χ3n) is 3.07. The van der Waals surface area contributed by atoms with Crippen LogP contribution in [-0.4, -0.2) is 6.29 Å². The standard InChI is InChI=1S/C14H27O.Na/c1-3-5-6-7-8-9-10-11-12-14(4-2)13-15;/h14H,3-12H2,1-2H3;/q-1;+1. The fourth-order valence-electron chi connectivity index (χ4n) is 1.87. The first-order valence-electron chi connectivity index (χ1n) is 6.72. The van der Waals surface area contributed by atoms with Crippen LogP contribution in [0.25, 0.3) is 0 Å². The van der Waals surface area contributed by atoms with Crippen LogP contribution < -0.4 is 29.6 Å². The molecule has 0 spiro atoms. The van der Waals surface area contributed by atoms with E-state index in [9.17, 15) is 4.79 Å². The van der Waals surface area contributed by atoms with E-state index in [1.54, 1.807) is 0 Å². The van der Waals surface area contributed by atoms with E-state index in [1.165, 1.54) is 51.4 Å². The number of hydrogen-bond donors (Lipinski definition) is 0. The SMILES string of the molecule is CCCCCCCCCCC([C-]=O)CC.[Na+]. The Morgan fingerprint density at radius 2 is 1.38 bits per heavy atom. The summed E-state index contributed by atoms with van der Waals surface area (Å²) in [6, 6.07) is 0.